The van der Waals surface area contributed by atoms with Crippen LogP contribution in [0.3, 0.4) is 0 Å². The van der Waals surface area contributed by atoms with Gasteiger partial charge in [-0.2, -0.15) is 9.61 Å². The molecule has 1 saturated heterocycles. The molecule has 0 radical (unpaired) electrons. The summed E-state index contributed by atoms with van der Waals surface area (Å²) < 4.78 is 1.85. The molecule has 8 nitrogen and oxygen atoms in total. The monoisotopic (exact) mass is 461 g/mol. The standard InChI is InChI=1S/C24H27N7OS/c1-14-19(29-24(32)26-14)9-16-12-25-31-22(27-18-5-6-18)11-20(28-23(16)31)17-10-21(33-13-17)15(2)30-7-3-4-8-30/h9-13,15,18,27H,1,3-8H2,2H3,(H2,26,29,32)/b19-9-. The molecule has 4 aromatic heterocycles. The largest absolute Gasteiger partial charge is 0.367 e. The molecule has 9 heteroatoms. The van der Waals surface area contributed by atoms with Crippen LogP contribution in [0.4, 0.5) is 5.82 Å². The van der Waals surface area contributed by atoms with E-state index in [0.717, 1.165) is 28.3 Å². The molecule has 1 saturated carbocycles. The van der Waals surface area contributed by atoms with Gasteiger partial charge in [0.2, 0.25) is 0 Å². The number of imidazole rings is 1. The lowest BCUT2D eigenvalue weighted by Crippen LogP contribution is -2.22. The van der Waals surface area contributed by atoms with Crippen LogP contribution in [-0.4, -0.2) is 48.6 Å². The van der Waals surface area contributed by atoms with Gasteiger partial charge in [-0.3, -0.25) is 4.90 Å². The Balaban J connectivity index is 1.44. The van der Waals surface area contributed by atoms with E-state index >= 15 is 0 Å². The molecular formula is C24H27N7OS. The lowest BCUT2D eigenvalue weighted by molar-refractivity contribution is 0.267. The maximum absolute atomic E-state index is 11.7. The number of anilines is 1. The van der Waals surface area contributed by atoms with Crippen LogP contribution >= 0.6 is 11.3 Å². The van der Waals surface area contributed by atoms with Gasteiger partial charge in [-0.05, 0) is 57.8 Å². The number of nitrogens with one attached hydrogen (secondary N) is 3. The Morgan fingerprint density at radius 3 is 2.82 bits per heavy atom. The van der Waals surface area contributed by atoms with Crippen LogP contribution in [0, 0.1) is 0 Å². The van der Waals surface area contributed by atoms with Gasteiger partial charge >= 0.3 is 5.69 Å². The Morgan fingerprint density at radius 2 is 2.09 bits per heavy atom. The highest BCUT2D eigenvalue weighted by molar-refractivity contribution is 7.10. The first kappa shape index (κ1) is 20.4. The van der Waals surface area contributed by atoms with Crippen molar-refractivity contribution >= 4 is 35.5 Å². The highest BCUT2D eigenvalue weighted by Crippen LogP contribution is 2.34. The van der Waals surface area contributed by atoms with Crippen molar-refractivity contribution in [3.05, 3.63) is 55.3 Å². The van der Waals surface area contributed by atoms with Crippen LogP contribution < -0.4 is 21.7 Å². The minimum atomic E-state index is -0.273. The van der Waals surface area contributed by atoms with E-state index in [1.807, 2.05) is 10.6 Å². The number of H-pyrrole nitrogens is 2. The lowest BCUT2D eigenvalue weighted by Gasteiger charge is -2.22. The van der Waals surface area contributed by atoms with Gasteiger partial charge in [0.1, 0.15) is 5.82 Å². The second kappa shape index (κ2) is 8.00. The molecule has 4 aromatic rings. The molecular weight excluding hydrogens is 434 g/mol. The second-order valence-corrected chi connectivity index (χ2v) is 10.00. The predicted molar refractivity (Wildman–Crippen MR) is 132 cm³/mol. The van der Waals surface area contributed by atoms with Crippen LogP contribution in [0.25, 0.3) is 29.6 Å². The molecule has 1 aliphatic heterocycles. The van der Waals surface area contributed by atoms with Crippen LogP contribution in [-0.2, 0) is 0 Å². The zero-order valence-electron chi connectivity index (χ0n) is 18.6. The molecule has 0 amide bonds. The third-order valence-corrected chi connectivity index (χ3v) is 7.68. The molecule has 1 aliphatic carbocycles. The lowest BCUT2D eigenvalue weighted by atomic mass is 10.1. The van der Waals surface area contributed by atoms with Gasteiger partial charge in [0.15, 0.2) is 5.65 Å². The Hall–Kier alpha value is -3.17. The highest BCUT2D eigenvalue weighted by Gasteiger charge is 2.24. The number of aromatic amines is 2. The molecule has 0 spiro atoms. The van der Waals surface area contributed by atoms with E-state index in [1.54, 1.807) is 17.5 Å². The first-order valence-electron chi connectivity index (χ1n) is 11.5. The van der Waals surface area contributed by atoms with E-state index < -0.39 is 0 Å². The average Bonchev–Trinajstić information content (AvgIpc) is 3.25. The van der Waals surface area contributed by atoms with E-state index in [0.29, 0.717) is 22.8 Å². The Labute approximate surface area is 194 Å². The number of hydrogen-bond acceptors (Lipinski definition) is 6. The Bertz CT molecular complexity index is 1480. The van der Waals surface area contributed by atoms with E-state index in [2.05, 4.69) is 56.3 Å². The fourth-order valence-corrected chi connectivity index (χ4v) is 5.49. The van der Waals surface area contributed by atoms with Crippen LogP contribution in [0.15, 0.2) is 28.5 Å². The van der Waals surface area contributed by atoms with E-state index in [9.17, 15) is 4.79 Å². The first-order chi connectivity index (χ1) is 16.0. The summed E-state index contributed by atoms with van der Waals surface area (Å²) in [4.78, 5) is 26.0. The molecule has 1 atom stereocenters. The minimum Gasteiger partial charge on any atom is -0.367 e. The molecule has 0 aromatic carbocycles. The van der Waals surface area contributed by atoms with Crippen molar-refractivity contribution in [2.24, 2.45) is 0 Å². The average molecular weight is 462 g/mol. The van der Waals surface area contributed by atoms with E-state index in [1.165, 1.54) is 43.6 Å². The number of likely N-dealkylation sites (tertiary alicyclic amines) is 1. The molecule has 2 aliphatic rings. The van der Waals surface area contributed by atoms with Gasteiger partial charge in [0.25, 0.3) is 0 Å². The summed E-state index contributed by atoms with van der Waals surface area (Å²) in [5, 5.41) is 11.6. The summed E-state index contributed by atoms with van der Waals surface area (Å²) in [5.41, 5.74) is 3.36. The summed E-state index contributed by atoms with van der Waals surface area (Å²) in [5.74, 6) is 0.940. The molecule has 1 unspecified atom stereocenters. The summed E-state index contributed by atoms with van der Waals surface area (Å²) in [6.45, 7) is 8.56. The first-order valence-corrected chi connectivity index (χ1v) is 12.4. The predicted octanol–water partition coefficient (Wildman–Crippen LogP) is 2.44. The topological polar surface area (TPSA) is 94.1 Å². The van der Waals surface area contributed by atoms with Gasteiger partial charge in [0, 0.05) is 39.5 Å². The maximum Gasteiger partial charge on any atom is 0.323 e. The summed E-state index contributed by atoms with van der Waals surface area (Å²) in [7, 11) is 0. The van der Waals surface area contributed by atoms with E-state index in [4.69, 9.17) is 4.98 Å². The number of rotatable bonds is 6. The highest BCUT2D eigenvalue weighted by atomic mass is 32.1. The van der Waals surface area contributed by atoms with Crippen molar-refractivity contribution in [1.29, 1.82) is 0 Å². The number of nitrogens with zero attached hydrogens (tertiary/aromatic N) is 4. The van der Waals surface area contributed by atoms with Gasteiger partial charge in [-0.15, -0.1) is 11.3 Å². The van der Waals surface area contributed by atoms with Crippen molar-refractivity contribution in [3.63, 3.8) is 0 Å². The van der Waals surface area contributed by atoms with Gasteiger partial charge < -0.3 is 15.3 Å². The zero-order chi connectivity index (χ0) is 22.5. The molecule has 170 valence electrons. The summed E-state index contributed by atoms with van der Waals surface area (Å²) >= 11 is 1.81. The maximum atomic E-state index is 11.7. The fraction of sp³-hybridized carbons (Fsp3) is 0.375. The number of thiophene rings is 1. The molecule has 33 heavy (non-hydrogen) atoms. The smallest absolute Gasteiger partial charge is 0.323 e. The van der Waals surface area contributed by atoms with Crippen molar-refractivity contribution in [2.75, 3.05) is 18.4 Å². The Morgan fingerprint density at radius 1 is 1.27 bits per heavy atom. The SMILES string of the molecule is C=c1[nH]c(=O)[nH]/c1=C\c1cnn2c(NC3CC3)cc(-c3csc(C(C)N4CCCC4)c3)nc12. The van der Waals surface area contributed by atoms with Crippen LogP contribution in [0.1, 0.15) is 49.1 Å². The third-order valence-electron chi connectivity index (χ3n) is 6.58. The van der Waals surface area contributed by atoms with Crippen molar-refractivity contribution in [1.82, 2.24) is 29.5 Å². The Kier molecular flexibility index (Phi) is 4.95. The number of fused-ring (bicyclic) bond motifs is 1. The van der Waals surface area contributed by atoms with Gasteiger partial charge in [0.05, 0.1) is 22.6 Å². The summed E-state index contributed by atoms with van der Waals surface area (Å²) in [6, 6.07) is 5.30. The van der Waals surface area contributed by atoms with Crippen molar-refractivity contribution in [3.8, 4) is 11.3 Å². The van der Waals surface area contributed by atoms with Crippen molar-refractivity contribution < 1.29 is 0 Å². The van der Waals surface area contributed by atoms with Gasteiger partial charge in [-0.1, -0.05) is 6.58 Å². The van der Waals surface area contributed by atoms with Gasteiger partial charge in [-0.25, -0.2) is 9.78 Å². The minimum absolute atomic E-state index is 0.273. The van der Waals surface area contributed by atoms with E-state index in [-0.39, 0.29) is 5.69 Å². The second-order valence-electron chi connectivity index (χ2n) is 9.05. The normalized spacial score (nSPS) is 18.4. The molecule has 3 N–H and O–H groups in total. The van der Waals surface area contributed by atoms with Crippen molar-refractivity contribution in [2.45, 2.75) is 44.7 Å². The van der Waals surface area contributed by atoms with Crippen LogP contribution in [0.5, 0.6) is 0 Å². The zero-order valence-corrected chi connectivity index (χ0v) is 19.4. The third kappa shape index (κ3) is 3.91. The molecule has 2 fully saturated rings. The molecule has 6 rings (SSSR count). The quantitative estimate of drug-likeness (QED) is 0.410. The molecule has 5 heterocycles. The fourth-order valence-electron chi connectivity index (χ4n) is 4.50. The number of aromatic nitrogens is 5. The number of hydrogen-bond donors (Lipinski definition) is 3. The molecule has 0 bridgehead atoms. The van der Waals surface area contributed by atoms with Crippen LogP contribution in [0.2, 0.25) is 0 Å². The summed E-state index contributed by atoms with van der Waals surface area (Å²) in [6.07, 6.45) is 8.57.